The van der Waals surface area contributed by atoms with Gasteiger partial charge in [-0.3, -0.25) is 9.59 Å². The van der Waals surface area contributed by atoms with E-state index < -0.39 is 5.97 Å². The summed E-state index contributed by atoms with van der Waals surface area (Å²) in [6.45, 7) is 1.55. The fourth-order valence-electron chi connectivity index (χ4n) is 1.00. The Morgan fingerprint density at radius 2 is 1.93 bits per heavy atom. The summed E-state index contributed by atoms with van der Waals surface area (Å²) in [5.41, 5.74) is 0.499. The van der Waals surface area contributed by atoms with Crippen molar-refractivity contribution >= 4 is 11.8 Å². The third-order valence-corrected chi connectivity index (χ3v) is 1.67. The topological polar surface area (TPSA) is 43.4 Å². The number of carbonyl (C=O) groups is 2. The summed E-state index contributed by atoms with van der Waals surface area (Å²) in [7, 11) is 0. The van der Waals surface area contributed by atoms with Crippen LogP contribution < -0.4 is 0 Å². The molecule has 0 atom stereocenters. The second kappa shape index (κ2) is 5.61. The molecule has 0 aliphatic heterocycles. The van der Waals surface area contributed by atoms with E-state index in [-0.39, 0.29) is 12.2 Å². The van der Waals surface area contributed by atoms with Crippen LogP contribution in [0.15, 0.2) is 30.3 Å². The molecule has 3 heteroatoms. The van der Waals surface area contributed by atoms with E-state index in [0.29, 0.717) is 5.56 Å². The minimum absolute atomic E-state index is 0.265. The fraction of sp³-hybridized carbons (Fsp3) is 0.167. The van der Waals surface area contributed by atoms with Gasteiger partial charge in [0, 0.05) is 12.5 Å². The highest BCUT2D eigenvalue weighted by Crippen LogP contribution is 2.03. The van der Waals surface area contributed by atoms with E-state index in [2.05, 4.69) is 16.8 Å². The van der Waals surface area contributed by atoms with Crippen LogP contribution in [0.4, 0.5) is 0 Å². The minimum Gasteiger partial charge on any atom is -0.372 e. The van der Waals surface area contributed by atoms with Crippen LogP contribution in [0.3, 0.4) is 0 Å². The summed E-state index contributed by atoms with van der Waals surface area (Å²) in [5, 5.41) is 0. The number of Topliss-reactive ketones (excluding diaryl/α,β-unsaturated/α-hetero) is 1. The highest BCUT2D eigenvalue weighted by molar-refractivity contribution is 6.06. The van der Waals surface area contributed by atoms with Crippen LogP contribution in [0.5, 0.6) is 0 Å². The molecule has 1 rings (SSSR count). The van der Waals surface area contributed by atoms with Crippen molar-refractivity contribution in [3.8, 4) is 12.0 Å². The third-order valence-electron chi connectivity index (χ3n) is 1.67. The first-order chi connectivity index (χ1) is 7.24. The summed E-state index contributed by atoms with van der Waals surface area (Å²) < 4.78 is 4.46. The molecule has 0 radical (unpaired) electrons. The van der Waals surface area contributed by atoms with Gasteiger partial charge < -0.3 is 4.74 Å². The van der Waals surface area contributed by atoms with E-state index >= 15 is 0 Å². The normalized spacial score (nSPS) is 8.60. The number of benzene rings is 1. The molecule has 0 bridgehead atoms. The smallest absolute Gasteiger partial charge is 0.327 e. The maximum absolute atomic E-state index is 11.5. The average Bonchev–Trinajstić information content (AvgIpc) is 2.27. The lowest BCUT2D eigenvalue weighted by atomic mass is 10.1. The van der Waals surface area contributed by atoms with E-state index in [0.717, 1.165) is 0 Å². The Labute approximate surface area is 88.1 Å². The van der Waals surface area contributed by atoms with Crippen LogP contribution in [-0.4, -0.2) is 11.8 Å². The van der Waals surface area contributed by atoms with Crippen molar-refractivity contribution in [1.82, 2.24) is 0 Å². The summed E-state index contributed by atoms with van der Waals surface area (Å²) in [6, 6.07) is 8.59. The molecule has 0 spiro atoms. The van der Waals surface area contributed by atoms with Gasteiger partial charge in [-0.25, -0.2) is 0 Å². The molecule has 0 saturated carbocycles. The van der Waals surface area contributed by atoms with Gasteiger partial charge in [0.2, 0.25) is 0 Å². The first-order valence-electron chi connectivity index (χ1n) is 4.43. The molecule has 0 unspecified atom stereocenters. The standard InChI is InChI=1S/C12H10O3/c1-2-8-15-12(14)9-11(13)10-6-4-3-5-7-10/h3-7H,9H2,1H3. The second-order valence-electron chi connectivity index (χ2n) is 2.79. The van der Waals surface area contributed by atoms with Crippen LogP contribution in [0.1, 0.15) is 23.7 Å². The number of ketones is 1. The second-order valence-corrected chi connectivity index (χ2v) is 2.79. The van der Waals surface area contributed by atoms with Crippen LogP contribution >= 0.6 is 0 Å². The zero-order valence-corrected chi connectivity index (χ0v) is 8.32. The Balaban J connectivity index is 2.56. The predicted octanol–water partition coefficient (Wildman–Crippen LogP) is 1.78. The molecule has 76 valence electrons. The van der Waals surface area contributed by atoms with Gasteiger partial charge >= 0.3 is 5.97 Å². The third kappa shape index (κ3) is 3.65. The molecule has 0 amide bonds. The van der Waals surface area contributed by atoms with Gasteiger partial charge in [-0.15, -0.1) is 0 Å². The molecule has 1 aromatic carbocycles. The molecule has 0 heterocycles. The molecule has 0 saturated heterocycles. The van der Waals surface area contributed by atoms with Crippen molar-refractivity contribution in [2.75, 3.05) is 0 Å². The highest BCUT2D eigenvalue weighted by Gasteiger charge is 2.11. The van der Waals surface area contributed by atoms with Gasteiger partial charge in [0.25, 0.3) is 0 Å². The summed E-state index contributed by atoms with van der Waals surface area (Å²) in [4.78, 5) is 22.5. The molecule has 0 fully saturated rings. The number of carbonyl (C=O) groups excluding carboxylic acids is 2. The SMILES string of the molecule is CC#COC(=O)CC(=O)c1ccccc1. The van der Waals surface area contributed by atoms with Crippen molar-refractivity contribution in [3.63, 3.8) is 0 Å². The molecule has 0 aliphatic carbocycles. The molecule has 0 N–H and O–H groups in total. The quantitative estimate of drug-likeness (QED) is 0.325. The first-order valence-corrected chi connectivity index (χ1v) is 4.43. The van der Waals surface area contributed by atoms with Gasteiger partial charge in [-0.05, 0) is 0 Å². The summed E-state index contributed by atoms with van der Waals surface area (Å²) in [6.07, 6.45) is 1.87. The largest absolute Gasteiger partial charge is 0.372 e. The Bertz CT molecular complexity index is 409. The van der Waals surface area contributed by atoms with Gasteiger partial charge in [0.15, 0.2) is 5.78 Å². The number of ether oxygens (including phenoxy) is 1. The van der Waals surface area contributed by atoms with Crippen molar-refractivity contribution in [3.05, 3.63) is 35.9 Å². The maximum Gasteiger partial charge on any atom is 0.327 e. The monoisotopic (exact) mass is 202 g/mol. The molecular weight excluding hydrogens is 192 g/mol. The molecule has 1 aromatic rings. The van der Waals surface area contributed by atoms with E-state index in [1.165, 1.54) is 0 Å². The lowest BCUT2D eigenvalue weighted by Crippen LogP contribution is -2.09. The number of hydrogen-bond donors (Lipinski definition) is 0. The van der Waals surface area contributed by atoms with Gasteiger partial charge in [0.05, 0.1) is 0 Å². The van der Waals surface area contributed by atoms with E-state index in [9.17, 15) is 9.59 Å². The Morgan fingerprint density at radius 3 is 2.53 bits per heavy atom. The fourth-order valence-corrected chi connectivity index (χ4v) is 1.00. The van der Waals surface area contributed by atoms with Gasteiger partial charge in [-0.1, -0.05) is 36.3 Å². The molecule has 15 heavy (non-hydrogen) atoms. The highest BCUT2D eigenvalue weighted by atomic mass is 16.5. The zero-order valence-electron chi connectivity index (χ0n) is 8.32. The van der Waals surface area contributed by atoms with Crippen molar-refractivity contribution in [2.45, 2.75) is 13.3 Å². The van der Waals surface area contributed by atoms with E-state index in [1.54, 1.807) is 37.3 Å². The number of rotatable bonds is 3. The van der Waals surface area contributed by atoms with Crippen molar-refractivity contribution < 1.29 is 14.3 Å². The van der Waals surface area contributed by atoms with Crippen LogP contribution in [-0.2, 0) is 9.53 Å². The van der Waals surface area contributed by atoms with Crippen molar-refractivity contribution in [1.29, 1.82) is 0 Å². The van der Waals surface area contributed by atoms with Crippen molar-refractivity contribution in [2.24, 2.45) is 0 Å². The number of esters is 1. The minimum atomic E-state index is -0.627. The Kier molecular flexibility index (Phi) is 4.11. The lowest BCUT2D eigenvalue weighted by Gasteiger charge is -1.97. The van der Waals surface area contributed by atoms with Crippen LogP contribution in [0, 0.1) is 12.0 Å². The zero-order chi connectivity index (χ0) is 11.1. The van der Waals surface area contributed by atoms with Gasteiger partial charge in [0.1, 0.15) is 12.5 Å². The molecule has 0 aliphatic rings. The Hall–Kier alpha value is -2.08. The maximum atomic E-state index is 11.5. The lowest BCUT2D eigenvalue weighted by molar-refractivity contribution is -0.135. The van der Waals surface area contributed by atoms with E-state index in [4.69, 9.17) is 0 Å². The summed E-state index contributed by atoms with van der Waals surface area (Å²) >= 11 is 0. The molecule has 3 nitrogen and oxygen atoms in total. The number of hydrogen-bond acceptors (Lipinski definition) is 3. The van der Waals surface area contributed by atoms with Gasteiger partial charge in [-0.2, -0.15) is 0 Å². The molecular formula is C12H10O3. The van der Waals surface area contributed by atoms with Crippen LogP contribution in [0.25, 0.3) is 0 Å². The predicted molar refractivity (Wildman–Crippen MR) is 54.9 cm³/mol. The summed E-state index contributed by atoms with van der Waals surface area (Å²) in [5.74, 6) is 1.52. The van der Waals surface area contributed by atoms with Crippen LogP contribution in [0.2, 0.25) is 0 Å². The average molecular weight is 202 g/mol. The first kappa shape index (κ1) is 11.0. The Morgan fingerprint density at radius 1 is 1.27 bits per heavy atom. The van der Waals surface area contributed by atoms with E-state index in [1.807, 2.05) is 0 Å². The molecule has 0 aromatic heterocycles.